The minimum absolute atomic E-state index is 0.143. The Kier molecular flexibility index (Phi) is 14.7. The minimum Gasteiger partial charge on any atom is -0.394 e. The van der Waals surface area contributed by atoms with Crippen LogP contribution in [0.5, 0.6) is 0 Å². The number of aliphatic hydroxyl groups excluding tert-OH is 2. The molecule has 0 rings (SSSR count). The lowest BCUT2D eigenvalue weighted by atomic mass is 9.95. The standard InChI is InChI=1S/C17H37NO3/c1-2-3-4-7-10-13-21-14-11-8-5-6-9-12-17(18,15-19)16-20/h19-20H,2-16,18H2,1H3. The highest BCUT2D eigenvalue weighted by Gasteiger charge is 2.21. The first-order valence-corrected chi connectivity index (χ1v) is 8.77. The predicted octanol–water partition coefficient (Wildman–Crippen LogP) is 3.00. The lowest BCUT2D eigenvalue weighted by molar-refractivity contribution is 0.112. The Hall–Kier alpha value is -0.160. The molecule has 0 radical (unpaired) electrons. The zero-order chi connectivity index (χ0) is 15.8. The molecule has 0 aromatic carbocycles. The molecule has 0 amide bonds. The van der Waals surface area contributed by atoms with Gasteiger partial charge in [-0.15, -0.1) is 0 Å². The number of nitrogens with two attached hydrogens (primary N) is 1. The van der Waals surface area contributed by atoms with Crippen LogP contribution in [0, 0.1) is 0 Å². The number of ether oxygens (including phenoxy) is 1. The molecule has 0 aromatic heterocycles. The van der Waals surface area contributed by atoms with Crippen LogP contribution in [-0.4, -0.2) is 42.2 Å². The molecule has 0 spiro atoms. The van der Waals surface area contributed by atoms with Crippen molar-refractivity contribution < 1.29 is 14.9 Å². The molecular formula is C17H37NO3. The summed E-state index contributed by atoms with van der Waals surface area (Å²) in [5.74, 6) is 0. The van der Waals surface area contributed by atoms with E-state index in [1.165, 1.54) is 44.9 Å². The lowest BCUT2D eigenvalue weighted by Gasteiger charge is -2.24. The molecule has 0 heterocycles. The van der Waals surface area contributed by atoms with E-state index in [0.717, 1.165) is 32.5 Å². The van der Waals surface area contributed by atoms with Gasteiger partial charge >= 0.3 is 0 Å². The molecule has 0 bridgehead atoms. The fraction of sp³-hybridized carbons (Fsp3) is 1.00. The molecular weight excluding hydrogens is 266 g/mol. The molecule has 21 heavy (non-hydrogen) atoms. The van der Waals surface area contributed by atoms with Crippen molar-refractivity contribution in [2.45, 2.75) is 83.1 Å². The van der Waals surface area contributed by atoms with Gasteiger partial charge in [0.15, 0.2) is 0 Å². The molecule has 4 nitrogen and oxygen atoms in total. The van der Waals surface area contributed by atoms with Crippen molar-refractivity contribution in [3.63, 3.8) is 0 Å². The van der Waals surface area contributed by atoms with Gasteiger partial charge in [-0.3, -0.25) is 0 Å². The molecule has 0 saturated heterocycles. The summed E-state index contributed by atoms with van der Waals surface area (Å²) in [6.45, 7) is 3.73. The van der Waals surface area contributed by atoms with Gasteiger partial charge in [0.25, 0.3) is 0 Å². The third kappa shape index (κ3) is 13.2. The molecule has 0 aromatic rings. The number of hydrogen-bond acceptors (Lipinski definition) is 4. The van der Waals surface area contributed by atoms with Crippen molar-refractivity contribution >= 4 is 0 Å². The van der Waals surface area contributed by atoms with Crippen molar-refractivity contribution in [2.75, 3.05) is 26.4 Å². The normalized spacial score (nSPS) is 12.0. The molecule has 0 aliphatic rings. The van der Waals surface area contributed by atoms with Gasteiger partial charge in [-0.05, 0) is 19.3 Å². The summed E-state index contributed by atoms with van der Waals surface area (Å²) in [7, 11) is 0. The molecule has 0 aliphatic carbocycles. The van der Waals surface area contributed by atoms with Crippen LogP contribution in [0.15, 0.2) is 0 Å². The van der Waals surface area contributed by atoms with Gasteiger partial charge in [0.05, 0.1) is 18.8 Å². The first kappa shape index (κ1) is 20.8. The Labute approximate surface area is 131 Å². The Morgan fingerprint density at radius 1 is 0.762 bits per heavy atom. The highest BCUT2D eigenvalue weighted by Crippen LogP contribution is 2.13. The number of aliphatic hydroxyl groups is 2. The van der Waals surface area contributed by atoms with Crippen LogP contribution in [0.1, 0.15) is 77.6 Å². The zero-order valence-electron chi connectivity index (χ0n) is 14.0. The van der Waals surface area contributed by atoms with Crippen LogP contribution in [0.4, 0.5) is 0 Å². The molecule has 0 atom stereocenters. The second kappa shape index (κ2) is 14.8. The van der Waals surface area contributed by atoms with E-state index in [0.29, 0.717) is 6.42 Å². The summed E-state index contributed by atoms with van der Waals surface area (Å²) >= 11 is 0. The van der Waals surface area contributed by atoms with Gasteiger partial charge in [-0.2, -0.15) is 0 Å². The Balaban J connectivity index is 3.16. The maximum absolute atomic E-state index is 9.07. The van der Waals surface area contributed by atoms with Crippen LogP contribution in [0.25, 0.3) is 0 Å². The van der Waals surface area contributed by atoms with E-state index in [1.54, 1.807) is 0 Å². The SMILES string of the molecule is CCCCCCCOCCCCCCCC(N)(CO)CO. The summed E-state index contributed by atoms with van der Waals surface area (Å²) in [6, 6.07) is 0. The highest BCUT2D eigenvalue weighted by atomic mass is 16.5. The first-order chi connectivity index (χ1) is 10.2. The van der Waals surface area contributed by atoms with E-state index < -0.39 is 5.54 Å². The largest absolute Gasteiger partial charge is 0.394 e. The Morgan fingerprint density at radius 3 is 1.76 bits per heavy atom. The van der Waals surface area contributed by atoms with Crippen molar-refractivity contribution in [1.29, 1.82) is 0 Å². The number of unbranched alkanes of at least 4 members (excludes halogenated alkanes) is 8. The van der Waals surface area contributed by atoms with Gasteiger partial charge in [0.1, 0.15) is 0 Å². The highest BCUT2D eigenvalue weighted by molar-refractivity contribution is 4.81. The summed E-state index contributed by atoms with van der Waals surface area (Å²) in [6.07, 6.45) is 12.7. The van der Waals surface area contributed by atoms with Crippen molar-refractivity contribution in [2.24, 2.45) is 5.73 Å². The van der Waals surface area contributed by atoms with Gasteiger partial charge in [0, 0.05) is 13.2 Å². The fourth-order valence-corrected chi connectivity index (χ4v) is 2.33. The average molecular weight is 303 g/mol. The monoisotopic (exact) mass is 303 g/mol. The molecule has 128 valence electrons. The second-order valence-electron chi connectivity index (χ2n) is 6.22. The third-order valence-electron chi connectivity index (χ3n) is 3.99. The second-order valence-corrected chi connectivity index (χ2v) is 6.22. The molecule has 4 N–H and O–H groups in total. The Bertz CT molecular complexity index is 208. The molecule has 0 saturated carbocycles. The van der Waals surface area contributed by atoms with E-state index in [2.05, 4.69) is 6.92 Å². The van der Waals surface area contributed by atoms with Crippen LogP contribution >= 0.6 is 0 Å². The van der Waals surface area contributed by atoms with Crippen LogP contribution < -0.4 is 5.73 Å². The molecule has 0 fully saturated rings. The van der Waals surface area contributed by atoms with E-state index in [4.69, 9.17) is 20.7 Å². The van der Waals surface area contributed by atoms with Gasteiger partial charge in [-0.25, -0.2) is 0 Å². The lowest BCUT2D eigenvalue weighted by Crippen LogP contribution is -2.47. The van der Waals surface area contributed by atoms with E-state index in [1.807, 2.05) is 0 Å². The van der Waals surface area contributed by atoms with Gasteiger partial charge in [0.2, 0.25) is 0 Å². The number of hydrogen-bond donors (Lipinski definition) is 3. The quantitative estimate of drug-likeness (QED) is 0.383. The summed E-state index contributed by atoms with van der Waals surface area (Å²) in [4.78, 5) is 0. The maximum Gasteiger partial charge on any atom is 0.0633 e. The summed E-state index contributed by atoms with van der Waals surface area (Å²) < 4.78 is 5.62. The van der Waals surface area contributed by atoms with Gasteiger partial charge < -0.3 is 20.7 Å². The molecule has 0 unspecified atom stereocenters. The van der Waals surface area contributed by atoms with E-state index in [-0.39, 0.29) is 13.2 Å². The molecule has 0 aliphatic heterocycles. The topological polar surface area (TPSA) is 75.7 Å². The van der Waals surface area contributed by atoms with Crippen molar-refractivity contribution in [3.8, 4) is 0 Å². The van der Waals surface area contributed by atoms with Crippen molar-refractivity contribution in [1.82, 2.24) is 0 Å². The van der Waals surface area contributed by atoms with Crippen LogP contribution in [0.3, 0.4) is 0 Å². The first-order valence-electron chi connectivity index (χ1n) is 8.77. The van der Waals surface area contributed by atoms with E-state index >= 15 is 0 Å². The third-order valence-corrected chi connectivity index (χ3v) is 3.99. The van der Waals surface area contributed by atoms with Crippen LogP contribution in [0.2, 0.25) is 0 Å². The summed E-state index contributed by atoms with van der Waals surface area (Å²) in [5, 5.41) is 18.1. The zero-order valence-corrected chi connectivity index (χ0v) is 14.0. The van der Waals surface area contributed by atoms with Crippen molar-refractivity contribution in [3.05, 3.63) is 0 Å². The smallest absolute Gasteiger partial charge is 0.0633 e. The summed E-state index contributed by atoms with van der Waals surface area (Å²) in [5.41, 5.74) is 5.03. The van der Waals surface area contributed by atoms with E-state index in [9.17, 15) is 0 Å². The molecule has 4 heteroatoms. The van der Waals surface area contributed by atoms with Gasteiger partial charge in [-0.1, -0.05) is 58.3 Å². The fourth-order valence-electron chi connectivity index (χ4n) is 2.33. The predicted molar refractivity (Wildman–Crippen MR) is 88.4 cm³/mol. The van der Waals surface area contributed by atoms with Crippen LogP contribution in [-0.2, 0) is 4.74 Å². The number of rotatable bonds is 16. The minimum atomic E-state index is -0.791. The average Bonchev–Trinajstić information content (AvgIpc) is 2.51. The Morgan fingerprint density at radius 2 is 1.24 bits per heavy atom. The maximum atomic E-state index is 9.07.